The fourth-order valence-corrected chi connectivity index (χ4v) is 4.86. The highest BCUT2D eigenvalue weighted by Gasteiger charge is 2.24. The van der Waals surface area contributed by atoms with Gasteiger partial charge in [0.15, 0.2) is 5.17 Å². The molecule has 1 N–H and O–H groups in total. The van der Waals surface area contributed by atoms with Crippen LogP contribution in [0.5, 0.6) is 5.75 Å². The summed E-state index contributed by atoms with van der Waals surface area (Å²) in [6.07, 6.45) is 1.59. The standard InChI is InChI=1S/C22H14BrN3O6S2/c23-15-4-6-16(7-5-15)24-22-25-21(27)20(33-22)13-14-2-1-3-18(12-14)32-34(30,31)19-10-8-17(9-11-19)26(28)29/h1-13H,(H,24,25,27)/b20-13+. The number of hydrogen-bond acceptors (Lipinski definition) is 8. The van der Waals surface area contributed by atoms with Crippen molar-refractivity contribution < 1.29 is 22.3 Å². The maximum absolute atomic E-state index is 12.5. The highest BCUT2D eigenvalue weighted by molar-refractivity contribution is 9.10. The lowest BCUT2D eigenvalue weighted by Crippen LogP contribution is -2.19. The van der Waals surface area contributed by atoms with Gasteiger partial charge in [-0.25, -0.2) is 4.99 Å². The van der Waals surface area contributed by atoms with Gasteiger partial charge in [-0.15, -0.1) is 0 Å². The lowest BCUT2D eigenvalue weighted by atomic mass is 10.2. The van der Waals surface area contributed by atoms with E-state index < -0.39 is 15.0 Å². The molecule has 0 atom stereocenters. The van der Waals surface area contributed by atoms with Gasteiger partial charge in [-0.1, -0.05) is 28.1 Å². The Morgan fingerprint density at radius 1 is 1.06 bits per heavy atom. The van der Waals surface area contributed by atoms with Crippen molar-refractivity contribution in [1.29, 1.82) is 0 Å². The molecule has 1 amide bonds. The van der Waals surface area contributed by atoms with Crippen LogP contribution in [0.15, 0.2) is 92.1 Å². The Balaban J connectivity index is 1.51. The third-order valence-electron chi connectivity index (χ3n) is 4.41. The van der Waals surface area contributed by atoms with Crippen molar-refractivity contribution in [3.05, 3.63) is 97.9 Å². The second-order valence-corrected chi connectivity index (χ2v) is 10.3. The number of hydrogen-bond donors (Lipinski definition) is 1. The number of halogens is 1. The summed E-state index contributed by atoms with van der Waals surface area (Å²) in [6, 6.07) is 17.9. The van der Waals surface area contributed by atoms with E-state index in [1.54, 1.807) is 30.3 Å². The summed E-state index contributed by atoms with van der Waals surface area (Å²) in [4.78, 5) is 27.0. The largest absolute Gasteiger partial charge is 0.379 e. The van der Waals surface area contributed by atoms with E-state index in [-0.39, 0.29) is 22.2 Å². The molecule has 3 aromatic carbocycles. The summed E-state index contributed by atoms with van der Waals surface area (Å²) >= 11 is 4.51. The number of nitrogens with zero attached hydrogens (tertiary/aromatic N) is 2. The number of non-ortho nitro benzene ring substituents is 1. The molecule has 9 nitrogen and oxygen atoms in total. The minimum atomic E-state index is -4.21. The van der Waals surface area contributed by atoms with Crippen LogP contribution in [0.4, 0.5) is 11.4 Å². The van der Waals surface area contributed by atoms with E-state index in [4.69, 9.17) is 4.18 Å². The smallest absolute Gasteiger partial charge is 0.339 e. The zero-order valence-corrected chi connectivity index (χ0v) is 20.3. The molecule has 1 aliphatic rings. The summed E-state index contributed by atoms with van der Waals surface area (Å²) in [7, 11) is -4.21. The molecule has 0 bridgehead atoms. The van der Waals surface area contributed by atoms with Crippen molar-refractivity contribution in [1.82, 2.24) is 5.32 Å². The number of amides is 1. The first kappa shape index (κ1) is 23.7. The predicted molar refractivity (Wildman–Crippen MR) is 132 cm³/mol. The van der Waals surface area contributed by atoms with Crippen LogP contribution in [0, 0.1) is 10.1 Å². The Morgan fingerprint density at radius 2 is 1.76 bits per heavy atom. The van der Waals surface area contributed by atoms with Crippen molar-refractivity contribution >= 4 is 66.3 Å². The van der Waals surface area contributed by atoms with Crippen molar-refractivity contribution in [3.8, 4) is 5.75 Å². The van der Waals surface area contributed by atoms with Gasteiger partial charge in [0.2, 0.25) is 0 Å². The molecule has 1 saturated heterocycles. The molecular formula is C22H14BrN3O6S2. The first-order valence-electron chi connectivity index (χ1n) is 9.54. The number of carbonyl (C=O) groups excluding carboxylic acids is 1. The van der Waals surface area contributed by atoms with E-state index in [2.05, 4.69) is 26.2 Å². The quantitative estimate of drug-likeness (QED) is 0.194. The summed E-state index contributed by atoms with van der Waals surface area (Å²) < 4.78 is 31.2. The second-order valence-electron chi connectivity index (χ2n) is 6.82. The van der Waals surface area contributed by atoms with Crippen LogP contribution in [0.2, 0.25) is 0 Å². The SMILES string of the molecule is O=C1NC(=Nc2ccc(Br)cc2)S/C1=C/c1cccc(OS(=O)(=O)c2ccc([N+](=O)[O-])cc2)c1. The van der Waals surface area contributed by atoms with Gasteiger partial charge in [0.05, 0.1) is 15.5 Å². The lowest BCUT2D eigenvalue weighted by molar-refractivity contribution is -0.384. The Bertz CT molecular complexity index is 1440. The zero-order chi connectivity index (χ0) is 24.3. The summed E-state index contributed by atoms with van der Waals surface area (Å²) in [6.45, 7) is 0. The number of amidine groups is 1. The zero-order valence-electron chi connectivity index (χ0n) is 17.0. The molecule has 3 aromatic rings. The van der Waals surface area contributed by atoms with Crippen LogP contribution in [0.1, 0.15) is 5.56 Å². The highest BCUT2D eigenvalue weighted by atomic mass is 79.9. The molecule has 1 fully saturated rings. The summed E-state index contributed by atoms with van der Waals surface area (Å²) in [5.74, 6) is -0.300. The van der Waals surface area contributed by atoms with Crippen LogP contribution in [-0.2, 0) is 14.9 Å². The molecule has 0 unspecified atom stereocenters. The maximum Gasteiger partial charge on any atom is 0.339 e. The van der Waals surface area contributed by atoms with Gasteiger partial charge in [-0.3, -0.25) is 14.9 Å². The van der Waals surface area contributed by atoms with Gasteiger partial charge >= 0.3 is 10.1 Å². The lowest BCUT2D eigenvalue weighted by Gasteiger charge is -2.07. The molecule has 0 spiro atoms. The van der Waals surface area contributed by atoms with E-state index in [0.717, 1.165) is 40.5 Å². The van der Waals surface area contributed by atoms with Gasteiger partial charge in [0, 0.05) is 16.6 Å². The van der Waals surface area contributed by atoms with Crippen LogP contribution in [0.3, 0.4) is 0 Å². The number of rotatable bonds is 6. The Labute approximate surface area is 207 Å². The maximum atomic E-state index is 12.5. The second kappa shape index (κ2) is 9.79. The number of benzene rings is 3. The number of nitro benzene ring substituents is 1. The molecule has 4 rings (SSSR count). The number of nitro groups is 1. The number of aliphatic imine (C=N–C) groups is 1. The molecular weight excluding hydrogens is 546 g/mol. The number of nitrogens with one attached hydrogen (secondary N) is 1. The number of thioether (sulfide) groups is 1. The average Bonchev–Trinajstić information content (AvgIpc) is 3.13. The Morgan fingerprint density at radius 3 is 2.44 bits per heavy atom. The average molecular weight is 560 g/mol. The molecule has 1 aliphatic heterocycles. The molecule has 0 saturated carbocycles. The van der Waals surface area contributed by atoms with E-state index in [9.17, 15) is 23.3 Å². The fourth-order valence-electron chi connectivity index (χ4n) is 2.83. The first-order chi connectivity index (χ1) is 16.2. The van der Waals surface area contributed by atoms with Gasteiger partial charge in [0.1, 0.15) is 10.6 Å². The van der Waals surface area contributed by atoms with E-state index >= 15 is 0 Å². The number of carbonyl (C=O) groups is 1. The van der Waals surface area contributed by atoms with Crippen LogP contribution >= 0.6 is 27.7 Å². The first-order valence-corrected chi connectivity index (χ1v) is 12.6. The fraction of sp³-hybridized carbons (Fsp3) is 0. The molecule has 0 aromatic heterocycles. The summed E-state index contributed by atoms with van der Waals surface area (Å²) in [5.41, 5.74) is 0.987. The topological polar surface area (TPSA) is 128 Å². The van der Waals surface area contributed by atoms with Crippen molar-refractivity contribution in [2.75, 3.05) is 0 Å². The van der Waals surface area contributed by atoms with E-state index in [1.165, 1.54) is 12.1 Å². The molecule has 172 valence electrons. The third-order valence-corrected chi connectivity index (χ3v) is 7.11. The van der Waals surface area contributed by atoms with Crippen molar-refractivity contribution in [3.63, 3.8) is 0 Å². The molecule has 12 heteroatoms. The third kappa shape index (κ3) is 5.71. The van der Waals surface area contributed by atoms with Gasteiger partial charge in [-0.2, -0.15) is 8.42 Å². The normalized spacial score (nSPS) is 16.0. The van der Waals surface area contributed by atoms with Gasteiger partial charge in [0.25, 0.3) is 11.6 Å². The molecule has 34 heavy (non-hydrogen) atoms. The monoisotopic (exact) mass is 559 g/mol. The highest BCUT2D eigenvalue weighted by Crippen LogP contribution is 2.30. The Kier molecular flexibility index (Phi) is 6.82. The summed E-state index contributed by atoms with van der Waals surface area (Å²) in [5, 5.41) is 13.9. The van der Waals surface area contributed by atoms with Gasteiger partial charge < -0.3 is 9.50 Å². The van der Waals surface area contributed by atoms with Crippen LogP contribution in [0.25, 0.3) is 6.08 Å². The van der Waals surface area contributed by atoms with Crippen LogP contribution in [-0.4, -0.2) is 24.4 Å². The molecule has 1 heterocycles. The molecule has 0 radical (unpaired) electrons. The van der Waals surface area contributed by atoms with Crippen molar-refractivity contribution in [2.45, 2.75) is 4.90 Å². The molecule has 0 aliphatic carbocycles. The minimum absolute atomic E-state index is 0.0276. The van der Waals surface area contributed by atoms with Crippen LogP contribution < -0.4 is 9.50 Å². The minimum Gasteiger partial charge on any atom is -0.379 e. The van der Waals surface area contributed by atoms with Crippen molar-refractivity contribution in [2.24, 2.45) is 4.99 Å². The van der Waals surface area contributed by atoms with E-state index in [0.29, 0.717) is 21.3 Å². The Hall–Kier alpha value is -3.48. The predicted octanol–water partition coefficient (Wildman–Crippen LogP) is 5.02. The van der Waals surface area contributed by atoms with E-state index in [1.807, 2.05) is 12.1 Å². The van der Waals surface area contributed by atoms with Gasteiger partial charge in [-0.05, 0) is 71.9 Å².